The van der Waals surface area contributed by atoms with Gasteiger partial charge in [0.15, 0.2) is 23.3 Å². The van der Waals surface area contributed by atoms with Crippen LogP contribution in [0.5, 0.6) is 5.75 Å². The van der Waals surface area contributed by atoms with Crippen LogP contribution in [-0.2, 0) is 6.61 Å². The third-order valence-corrected chi connectivity index (χ3v) is 4.48. The summed E-state index contributed by atoms with van der Waals surface area (Å²) in [6.45, 7) is -0.913. The Morgan fingerprint density at radius 1 is 0.767 bits per heavy atom. The summed E-state index contributed by atoms with van der Waals surface area (Å²) in [6, 6.07) is 14.7. The van der Waals surface area contributed by atoms with Crippen LogP contribution < -0.4 is 10.4 Å². The smallest absolute Gasteiger partial charge is 0.344 e. The summed E-state index contributed by atoms with van der Waals surface area (Å²) in [6.07, 6.45) is 0. The van der Waals surface area contributed by atoms with Gasteiger partial charge in [-0.1, -0.05) is 30.3 Å². The number of ether oxygens (including phenoxy) is 1. The molecule has 0 saturated carbocycles. The van der Waals surface area contributed by atoms with E-state index in [2.05, 4.69) is 0 Å². The molecule has 152 valence electrons. The highest BCUT2D eigenvalue weighted by molar-refractivity contribution is 5.82. The fourth-order valence-corrected chi connectivity index (χ4v) is 2.93. The van der Waals surface area contributed by atoms with Gasteiger partial charge >= 0.3 is 5.63 Å². The van der Waals surface area contributed by atoms with E-state index in [1.807, 2.05) is 0 Å². The van der Waals surface area contributed by atoms with Crippen LogP contribution in [0.25, 0.3) is 22.1 Å². The van der Waals surface area contributed by atoms with Gasteiger partial charge in [-0.25, -0.2) is 26.7 Å². The first-order chi connectivity index (χ1) is 14.4. The minimum Gasteiger partial charge on any atom is -0.489 e. The molecule has 0 unspecified atom stereocenters. The molecule has 0 spiro atoms. The van der Waals surface area contributed by atoms with Crippen molar-refractivity contribution in [2.75, 3.05) is 0 Å². The Labute approximate surface area is 165 Å². The predicted octanol–water partition coefficient (Wildman–Crippen LogP) is 5.73. The molecular formula is C22H11F5O3. The molecule has 0 aliphatic rings. The Hall–Kier alpha value is -3.68. The zero-order valence-electron chi connectivity index (χ0n) is 15.0. The molecule has 8 heteroatoms. The Balaban J connectivity index is 1.65. The maximum absolute atomic E-state index is 13.8. The van der Waals surface area contributed by atoms with Gasteiger partial charge in [0.25, 0.3) is 0 Å². The van der Waals surface area contributed by atoms with Crippen LogP contribution in [0.3, 0.4) is 0 Å². The van der Waals surface area contributed by atoms with Crippen LogP contribution in [0.2, 0.25) is 0 Å². The molecule has 0 N–H and O–H groups in total. The zero-order chi connectivity index (χ0) is 21.4. The third-order valence-electron chi connectivity index (χ3n) is 4.48. The number of benzene rings is 3. The topological polar surface area (TPSA) is 39.4 Å². The summed E-state index contributed by atoms with van der Waals surface area (Å²) in [7, 11) is 0. The van der Waals surface area contributed by atoms with Gasteiger partial charge < -0.3 is 9.15 Å². The molecule has 0 bridgehead atoms. The van der Waals surface area contributed by atoms with Crippen molar-refractivity contribution in [1.82, 2.24) is 0 Å². The molecule has 4 aromatic rings. The molecule has 0 radical (unpaired) electrons. The van der Waals surface area contributed by atoms with Crippen LogP contribution in [0.4, 0.5) is 22.0 Å². The molecule has 0 saturated heterocycles. The molecule has 1 aromatic heterocycles. The largest absolute Gasteiger partial charge is 0.489 e. The predicted molar refractivity (Wildman–Crippen MR) is 98.5 cm³/mol. The van der Waals surface area contributed by atoms with Gasteiger partial charge in [0.2, 0.25) is 5.82 Å². The van der Waals surface area contributed by atoms with E-state index in [1.165, 1.54) is 12.1 Å². The van der Waals surface area contributed by atoms with E-state index in [9.17, 15) is 26.7 Å². The second kappa shape index (κ2) is 7.62. The van der Waals surface area contributed by atoms with E-state index in [0.29, 0.717) is 16.5 Å². The first kappa shape index (κ1) is 19.6. The Morgan fingerprint density at radius 2 is 1.40 bits per heavy atom. The molecular weight excluding hydrogens is 407 g/mol. The van der Waals surface area contributed by atoms with Crippen LogP contribution >= 0.6 is 0 Å². The summed E-state index contributed by atoms with van der Waals surface area (Å²) in [5.41, 5.74) is -0.564. The standard InChI is InChI=1S/C22H11F5O3/c23-17-15(18(24)20(26)21(27)19(17)25)10-29-13-7-6-12-8-14(11-4-2-1-3-5-11)22(28)30-16(12)9-13/h1-9H,10H2. The van der Waals surface area contributed by atoms with Crippen molar-refractivity contribution in [1.29, 1.82) is 0 Å². The highest BCUT2D eigenvalue weighted by atomic mass is 19.2. The van der Waals surface area contributed by atoms with E-state index in [0.717, 1.165) is 0 Å². The summed E-state index contributed by atoms with van der Waals surface area (Å²) < 4.78 is 77.7. The molecule has 4 rings (SSSR count). The first-order valence-corrected chi connectivity index (χ1v) is 8.63. The maximum Gasteiger partial charge on any atom is 0.344 e. The minimum absolute atomic E-state index is 0.0158. The minimum atomic E-state index is -2.24. The normalized spacial score (nSPS) is 11.1. The summed E-state index contributed by atoms with van der Waals surface area (Å²) in [4.78, 5) is 12.3. The molecule has 3 nitrogen and oxygen atoms in total. The number of fused-ring (bicyclic) bond motifs is 1. The Bertz CT molecular complexity index is 1290. The van der Waals surface area contributed by atoms with Crippen LogP contribution in [0, 0.1) is 29.1 Å². The first-order valence-electron chi connectivity index (χ1n) is 8.63. The summed E-state index contributed by atoms with van der Waals surface area (Å²) >= 11 is 0. The van der Waals surface area contributed by atoms with Gasteiger partial charge in [0.05, 0.1) is 11.1 Å². The van der Waals surface area contributed by atoms with E-state index in [-0.39, 0.29) is 11.3 Å². The average molecular weight is 418 g/mol. The fraction of sp³-hybridized carbons (Fsp3) is 0.0455. The van der Waals surface area contributed by atoms with E-state index in [4.69, 9.17) is 9.15 Å². The van der Waals surface area contributed by atoms with Gasteiger partial charge in [0, 0.05) is 11.5 Å². The quantitative estimate of drug-likeness (QED) is 0.184. The van der Waals surface area contributed by atoms with Crippen molar-refractivity contribution >= 4 is 11.0 Å². The van der Waals surface area contributed by atoms with Gasteiger partial charge in [0.1, 0.15) is 17.9 Å². The molecule has 0 aliphatic heterocycles. The van der Waals surface area contributed by atoms with Crippen molar-refractivity contribution < 1.29 is 31.1 Å². The lowest BCUT2D eigenvalue weighted by atomic mass is 10.1. The fourth-order valence-electron chi connectivity index (χ4n) is 2.93. The van der Waals surface area contributed by atoms with Crippen LogP contribution in [-0.4, -0.2) is 0 Å². The maximum atomic E-state index is 13.8. The summed E-state index contributed by atoms with van der Waals surface area (Å²) in [5.74, 6) is -10.3. The Kier molecular flexibility index (Phi) is 4.99. The van der Waals surface area contributed by atoms with E-state index < -0.39 is 46.9 Å². The molecule has 30 heavy (non-hydrogen) atoms. The van der Waals surface area contributed by atoms with Crippen molar-refractivity contribution in [2.45, 2.75) is 6.61 Å². The molecule has 3 aromatic carbocycles. The summed E-state index contributed by atoms with van der Waals surface area (Å²) in [5, 5.41) is 0.553. The second-order valence-corrected chi connectivity index (χ2v) is 6.35. The van der Waals surface area contributed by atoms with Crippen LogP contribution in [0.15, 0.2) is 63.8 Å². The average Bonchev–Trinajstić information content (AvgIpc) is 2.76. The van der Waals surface area contributed by atoms with Gasteiger partial charge in [-0.05, 0) is 23.8 Å². The lowest BCUT2D eigenvalue weighted by molar-refractivity contribution is 0.279. The van der Waals surface area contributed by atoms with Crippen molar-refractivity contribution in [3.8, 4) is 16.9 Å². The SMILES string of the molecule is O=c1oc2cc(OCc3c(F)c(F)c(F)c(F)c3F)ccc2cc1-c1ccccc1. The van der Waals surface area contributed by atoms with Gasteiger partial charge in [-0.15, -0.1) is 0 Å². The van der Waals surface area contributed by atoms with Crippen molar-refractivity contribution in [3.63, 3.8) is 0 Å². The monoisotopic (exact) mass is 418 g/mol. The highest BCUT2D eigenvalue weighted by Crippen LogP contribution is 2.27. The zero-order valence-corrected chi connectivity index (χ0v) is 15.0. The molecule has 0 fully saturated rings. The number of hydrogen-bond acceptors (Lipinski definition) is 3. The van der Waals surface area contributed by atoms with Crippen LogP contribution in [0.1, 0.15) is 5.56 Å². The molecule has 0 atom stereocenters. The Morgan fingerprint density at radius 3 is 2.07 bits per heavy atom. The molecule has 0 aliphatic carbocycles. The number of hydrogen-bond donors (Lipinski definition) is 0. The van der Waals surface area contributed by atoms with Crippen molar-refractivity contribution in [3.05, 3.63) is 99.7 Å². The van der Waals surface area contributed by atoms with E-state index >= 15 is 0 Å². The van der Waals surface area contributed by atoms with Gasteiger partial charge in [-0.2, -0.15) is 0 Å². The number of halogens is 5. The number of rotatable bonds is 4. The lowest BCUT2D eigenvalue weighted by Gasteiger charge is -2.10. The highest BCUT2D eigenvalue weighted by Gasteiger charge is 2.26. The van der Waals surface area contributed by atoms with Crippen molar-refractivity contribution in [2.24, 2.45) is 0 Å². The van der Waals surface area contributed by atoms with Gasteiger partial charge in [-0.3, -0.25) is 0 Å². The lowest BCUT2D eigenvalue weighted by Crippen LogP contribution is -2.10. The second-order valence-electron chi connectivity index (χ2n) is 6.35. The third kappa shape index (κ3) is 3.41. The van der Waals surface area contributed by atoms with E-state index in [1.54, 1.807) is 42.5 Å². The molecule has 0 amide bonds. The molecule has 1 heterocycles.